The van der Waals surface area contributed by atoms with Gasteiger partial charge in [-0.05, 0) is 39.2 Å². The van der Waals surface area contributed by atoms with E-state index in [9.17, 15) is 22.8 Å². The lowest BCUT2D eigenvalue weighted by atomic mass is 9.90. The van der Waals surface area contributed by atoms with Crippen molar-refractivity contribution in [2.75, 3.05) is 19.6 Å². The average molecular weight is 424 g/mol. The summed E-state index contributed by atoms with van der Waals surface area (Å²) in [5.74, 6) is -0.395. The molecule has 162 valence electrons. The van der Waals surface area contributed by atoms with Gasteiger partial charge in [-0.15, -0.1) is 0 Å². The molecule has 0 aliphatic carbocycles. The molecule has 30 heavy (non-hydrogen) atoms. The van der Waals surface area contributed by atoms with Gasteiger partial charge in [-0.2, -0.15) is 13.2 Å². The zero-order valence-electron chi connectivity index (χ0n) is 16.8. The van der Waals surface area contributed by atoms with Crippen molar-refractivity contribution in [3.8, 4) is 0 Å². The second-order valence-electron chi connectivity index (χ2n) is 8.02. The van der Waals surface area contributed by atoms with Gasteiger partial charge in [-0.3, -0.25) is 9.59 Å². The molecule has 2 saturated heterocycles. The predicted octanol–water partition coefficient (Wildman–Crippen LogP) is 3.27. The molecule has 2 amide bonds. The van der Waals surface area contributed by atoms with Crippen LogP contribution >= 0.6 is 0 Å². The maximum Gasteiger partial charge on any atom is 0.417 e. The Bertz CT molecular complexity index is 980. The molecular weight excluding hydrogens is 401 g/mol. The van der Waals surface area contributed by atoms with Gasteiger partial charge >= 0.3 is 6.18 Å². The molecule has 0 radical (unpaired) electrons. The van der Waals surface area contributed by atoms with Gasteiger partial charge in [0.25, 0.3) is 5.71 Å². The summed E-state index contributed by atoms with van der Waals surface area (Å²) in [4.78, 5) is 32.0. The molecular formula is C20H23F3N4O3. The topological polar surface area (TPSA) is 79.5 Å². The lowest BCUT2D eigenvalue weighted by Gasteiger charge is -2.35. The van der Waals surface area contributed by atoms with Crippen molar-refractivity contribution >= 4 is 22.9 Å². The second kappa shape index (κ2) is 7.55. The van der Waals surface area contributed by atoms with E-state index in [0.29, 0.717) is 38.9 Å². The molecule has 2 aromatic heterocycles. The summed E-state index contributed by atoms with van der Waals surface area (Å²) < 4.78 is 45.9. The van der Waals surface area contributed by atoms with Crippen LogP contribution in [0.15, 0.2) is 10.6 Å². The zero-order valence-corrected chi connectivity index (χ0v) is 16.8. The fraction of sp³-hybridized carbons (Fsp3) is 0.600. The number of amides is 2. The number of aromatic nitrogens is 2. The number of halogens is 3. The fourth-order valence-electron chi connectivity index (χ4n) is 4.45. The smallest absolute Gasteiger partial charge is 0.341 e. The summed E-state index contributed by atoms with van der Waals surface area (Å²) in [5.41, 5.74) is -0.444. The third-order valence-electron chi connectivity index (χ3n) is 6.03. The Kier molecular flexibility index (Phi) is 5.19. The molecule has 0 spiro atoms. The fourth-order valence-corrected chi connectivity index (χ4v) is 4.45. The minimum Gasteiger partial charge on any atom is -0.341 e. The van der Waals surface area contributed by atoms with Crippen molar-refractivity contribution in [1.82, 2.24) is 19.9 Å². The average Bonchev–Trinajstić information content (AvgIpc) is 3.31. The number of aryl methyl sites for hydroxylation is 1. The van der Waals surface area contributed by atoms with Crippen molar-refractivity contribution in [3.63, 3.8) is 0 Å². The summed E-state index contributed by atoms with van der Waals surface area (Å²) in [6, 6.07) is 0.490. The molecule has 2 fully saturated rings. The molecule has 1 atom stereocenters. The van der Waals surface area contributed by atoms with Crippen molar-refractivity contribution < 1.29 is 27.3 Å². The van der Waals surface area contributed by atoms with Crippen molar-refractivity contribution in [3.05, 3.63) is 23.0 Å². The third-order valence-corrected chi connectivity index (χ3v) is 6.03. The summed E-state index contributed by atoms with van der Waals surface area (Å²) >= 11 is 0. The SMILES string of the molecule is Cc1cc(C(F)(F)F)c2c(C3CCN(C(=O)C(C)N4CCCC4=O)CC3)noc2n1. The number of hydrogen-bond acceptors (Lipinski definition) is 5. The van der Waals surface area contributed by atoms with Crippen LogP contribution in [0.2, 0.25) is 0 Å². The number of likely N-dealkylation sites (tertiary alicyclic amines) is 2. The molecule has 2 aliphatic heterocycles. The van der Waals surface area contributed by atoms with Crippen molar-refractivity contribution in [2.24, 2.45) is 0 Å². The maximum atomic E-state index is 13.6. The highest BCUT2D eigenvalue weighted by molar-refractivity contribution is 5.88. The van der Waals surface area contributed by atoms with Crippen LogP contribution in [-0.4, -0.2) is 57.4 Å². The van der Waals surface area contributed by atoms with Crippen LogP contribution in [0.4, 0.5) is 13.2 Å². The van der Waals surface area contributed by atoms with Crippen LogP contribution in [0.1, 0.15) is 55.5 Å². The largest absolute Gasteiger partial charge is 0.417 e. The van der Waals surface area contributed by atoms with E-state index in [1.54, 1.807) is 16.7 Å². The van der Waals surface area contributed by atoms with E-state index in [4.69, 9.17) is 4.52 Å². The van der Waals surface area contributed by atoms with Crippen molar-refractivity contribution in [1.29, 1.82) is 0 Å². The number of carbonyl (C=O) groups excluding carboxylic acids is 2. The Morgan fingerprint density at radius 3 is 2.57 bits per heavy atom. The van der Waals surface area contributed by atoms with Gasteiger partial charge in [0.2, 0.25) is 11.8 Å². The van der Waals surface area contributed by atoms with Crippen LogP contribution in [-0.2, 0) is 15.8 Å². The maximum absolute atomic E-state index is 13.6. The number of fused-ring (bicyclic) bond motifs is 1. The molecule has 0 aromatic carbocycles. The molecule has 0 saturated carbocycles. The zero-order chi connectivity index (χ0) is 21.6. The number of piperidine rings is 1. The van der Waals surface area contributed by atoms with Crippen molar-refractivity contribution in [2.45, 2.75) is 57.7 Å². The van der Waals surface area contributed by atoms with E-state index in [1.165, 1.54) is 6.92 Å². The third kappa shape index (κ3) is 3.63. The van der Waals surface area contributed by atoms with Crippen LogP contribution in [0, 0.1) is 6.92 Å². The Hall–Kier alpha value is -2.65. The first-order chi connectivity index (χ1) is 14.2. The molecule has 2 aliphatic rings. The molecule has 1 unspecified atom stereocenters. The van der Waals surface area contributed by atoms with Gasteiger partial charge in [0.15, 0.2) is 0 Å². The van der Waals surface area contributed by atoms with E-state index in [1.807, 2.05) is 0 Å². The lowest BCUT2D eigenvalue weighted by molar-refractivity contribution is -0.143. The molecule has 0 bridgehead atoms. The van der Waals surface area contributed by atoms with E-state index in [2.05, 4.69) is 10.1 Å². The molecule has 4 heterocycles. The van der Waals surface area contributed by atoms with E-state index in [-0.39, 0.29) is 40.2 Å². The molecule has 7 nitrogen and oxygen atoms in total. The number of hydrogen-bond donors (Lipinski definition) is 0. The number of rotatable bonds is 3. The molecule has 2 aromatic rings. The van der Waals surface area contributed by atoms with Gasteiger partial charge in [-0.1, -0.05) is 5.16 Å². The van der Waals surface area contributed by atoms with Crippen LogP contribution in [0.3, 0.4) is 0 Å². The van der Waals surface area contributed by atoms with Crippen LogP contribution in [0.25, 0.3) is 11.1 Å². The monoisotopic (exact) mass is 424 g/mol. The first-order valence-corrected chi connectivity index (χ1v) is 10.1. The Morgan fingerprint density at radius 2 is 1.97 bits per heavy atom. The standard InChI is InChI=1S/C20H23F3N4O3/c1-11-10-14(20(21,22)23)16-17(25-30-18(16)24-11)13-5-8-26(9-6-13)19(29)12(2)27-7-3-4-15(27)28/h10,12-13H,3-9H2,1-2H3. The summed E-state index contributed by atoms with van der Waals surface area (Å²) in [5, 5.41) is 3.83. The molecule has 4 rings (SSSR count). The van der Waals surface area contributed by atoms with Gasteiger partial charge in [-0.25, -0.2) is 4.98 Å². The van der Waals surface area contributed by atoms with E-state index in [0.717, 1.165) is 12.5 Å². The van der Waals surface area contributed by atoms with Gasteiger partial charge in [0, 0.05) is 37.7 Å². The highest BCUT2D eigenvalue weighted by Gasteiger charge is 2.38. The Labute approximate surface area is 171 Å². The van der Waals surface area contributed by atoms with E-state index >= 15 is 0 Å². The lowest BCUT2D eigenvalue weighted by Crippen LogP contribution is -2.49. The molecule has 10 heteroatoms. The molecule has 0 N–H and O–H groups in total. The number of pyridine rings is 1. The Morgan fingerprint density at radius 1 is 1.27 bits per heavy atom. The number of nitrogens with zero attached hydrogens (tertiary/aromatic N) is 4. The highest BCUT2D eigenvalue weighted by Crippen LogP contribution is 2.40. The Balaban J connectivity index is 1.51. The normalized spacial score (nSPS) is 19.7. The van der Waals surface area contributed by atoms with Gasteiger partial charge in [0.05, 0.1) is 16.6 Å². The highest BCUT2D eigenvalue weighted by atomic mass is 19.4. The quantitative estimate of drug-likeness (QED) is 0.756. The van der Waals surface area contributed by atoms with Gasteiger partial charge in [0.1, 0.15) is 6.04 Å². The first kappa shape index (κ1) is 20.6. The second-order valence-corrected chi connectivity index (χ2v) is 8.02. The summed E-state index contributed by atoms with van der Waals surface area (Å²) in [6.45, 7) is 4.58. The van der Waals surface area contributed by atoms with Crippen LogP contribution in [0.5, 0.6) is 0 Å². The minimum atomic E-state index is -4.54. The first-order valence-electron chi connectivity index (χ1n) is 10.1. The predicted molar refractivity (Wildman–Crippen MR) is 101 cm³/mol. The van der Waals surface area contributed by atoms with Gasteiger partial charge < -0.3 is 14.3 Å². The summed E-state index contributed by atoms with van der Waals surface area (Å²) in [6.07, 6.45) is -2.38. The summed E-state index contributed by atoms with van der Waals surface area (Å²) in [7, 11) is 0. The van der Waals surface area contributed by atoms with Crippen LogP contribution < -0.4 is 0 Å². The minimum absolute atomic E-state index is 0.0118. The number of alkyl halides is 3. The van der Waals surface area contributed by atoms with E-state index < -0.39 is 17.8 Å². The number of carbonyl (C=O) groups is 2.